The van der Waals surface area contributed by atoms with Crippen LogP contribution in [0.5, 0.6) is 0 Å². The molecule has 1 spiro atoms. The van der Waals surface area contributed by atoms with Crippen LogP contribution in [0.25, 0.3) is 11.3 Å². The molecule has 48 heavy (non-hydrogen) atoms. The molecule has 9 heteroatoms. The van der Waals surface area contributed by atoms with E-state index in [4.69, 9.17) is 0 Å². The van der Waals surface area contributed by atoms with Crippen LogP contribution < -0.4 is 10.9 Å². The van der Waals surface area contributed by atoms with Crippen LogP contribution in [0, 0.1) is 25.2 Å². The number of nitrogens with one attached hydrogen (secondary N) is 1. The molecule has 2 aromatic carbocycles. The number of hydrogen-bond donors (Lipinski definition) is 1. The molecule has 1 saturated carbocycles. The third kappa shape index (κ3) is 6.92. The van der Waals surface area contributed by atoms with Gasteiger partial charge in [-0.3, -0.25) is 9.36 Å². The topological polar surface area (TPSA) is 96.3 Å². The first kappa shape index (κ1) is 32.2. The quantitative estimate of drug-likeness (QED) is 0.253. The number of aromatic nitrogens is 4. The van der Waals surface area contributed by atoms with Crippen LogP contribution in [0.3, 0.4) is 0 Å². The second-order valence-corrected chi connectivity index (χ2v) is 14.2. The smallest absolute Gasteiger partial charge is 0.320 e. The van der Waals surface area contributed by atoms with Crippen LogP contribution in [0.4, 0.5) is 4.79 Å². The number of amides is 2. The summed E-state index contributed by atoms with van der Waals surface area (Å²) in [5.74, 6) is 1.15. The first-order chi connectivity index (χ1) is 23.4. The van der Waals surface area contributed by atoms with Gasteiger partial charge in [-0.1, -0.05) is 73.5 Å². The van der Waals surface area contributed by atoms with Gasteiger partial charge in [-0.15, -0.1) is 0 Å². The maximum Gasteiger partial charge on any atom is 0.320 e. The Morgan fingerprint density at radius 2 is 1.62 bits per heavy atom. The number of nitrogens with zero attached hydrogens (tertiary/aromatic N) is 6. The molecular weight excluding hydrogens is 598 g/mol. The second-order valence-electron chi connectivity index (χ2n) is 14.2. The van der Waals surface area contributed by atoms with Crippen molar-refractivity contribution in [2.75, 3.05) is 19.6 Å². The van der Waals surface area contributed by atoms with E-state index in [1.54, 1.807) is 17.0 Å². The van der Waals surface area contributed by atoms with Crippen LogP contribution >= 0.6 is 0 Å². The average Bonchev–Trinajstić information content (AvgIpc) is 3.57. The molecular formula is C39H47N7O2. The van der Waals surface area contributed by atoms with E-state index in [0.29, 0.717) is 37.8 Å². The minimum atomic E-state index is -0.0122. The molecule has 250 valence electrons. The highest BCUT2D eigenvalue weighted by Crippen LogP contribution is 2.49. The lowest BCUT2D eigenvalue weighted by molar-refractivity contribution is 0.0206. The summed E-state index contributed by atoms with van der Waals surface area (Å²) in [4.78, 5) is 45.9. The van der Waals surface area contributed by atoms with Crippen LogP contribution in [-0.4, -0.2) is 61.0 Å². The number of hydrogen-bond acceptors (Lipinski definition) is 6. The van der Waals surface area contributed by atoms with Gasteiger partial charge in [-0.2, -0.15) is 0 Å². The summed E-state index contributed by atoms with van der Waals surface area (Å²) in [6.45, 7) is 7.44. The summed E-state index contributed by atoms with van der Waals surface area (Å²) < 4.78 is 1.79. The minimum Gasteiger partial charge on any atom is -0.324 e. The zero-order valence-corrected chi connectivity index (χ0v) is 28.2. The maximum atomic E-state index is 14.5. The fourth-order valence-electron chi connectivity index (χ4n) is 8.53. The van der Waals surface area contributed by atoms with Crippen LogP contribution in [0.2, 0.25) is 0 Å². The average molecular weight is 646 g/mol. The Bertz CT molecular complexity index is 1750. The van der Waals surface area contributed by atoms with Gasteiger partial charge in [0.05, 0.1) is 24.6 Å². The normalized spacial score (nSPS) is 22.2. The maximum absolute atomic E-state index is 14.5. The van der Waals surface area contributed by atoms with E-state index in [-0.39, 0.29) is 29.1 Å². The van der Waals surface area contributed by atoms with Gasteiger partial charge in [0.2, 0.25) is 0 Å². The number of rotatable bonds is 7. The monoisotopic (exact) mass is 645 g/mol. The predicted molar refractivity (Wildman–Crippen MR) is 187 cm³/mol. The fourth-order valence-corrected chi connectivity index (χ4v) is 8.53. The van der Waals surface area contributed by atoms with E-state index in [1.807, 2.05) is 56.3 Å². The highest BCUT2D eigenvalue weighted by Gasteiger charge is 2.47. The molecule has 2 amide bonds. The van der Waals surface area contributed by atoms with Gasteiger partial charge >= 0.3 is 6.03 Å². The van der Waals surface area contributed by atoms with Gasteiger partial charge in [0.1, 0.15) is 5.82 Å². The molecule has 3 aliphatic rings. The van der Waals surface area contributed by atoms with Crippen molar-refractivity contribution in [1.82, 2.24) is 34.6 Å². The molecule has 3 fully saturated rings. The zero-order valence-electron chi connectivity index (χ0n) is 28.2. The summed E-state index contributed by atoms with van der Waals surface area (Å²) in [6.07, 6.45) is 8.88. The molecule has 1 N–H and O–H groups in total. The molecule has 3 atom stereocenters. The number of urea groups is 1. The molecule has 1 unspecified atom stereocenters. The Balaban J connectivity index is 1.05. The lowest BCUT2D eigenvalue weighted by Gasteiger charge is -2.49. The first-order valence-electron chi connectivity index (χ1n) is 17.6. The fraction of sp³-hybridized carbons (Fsp3) is 0.462. The molecule has 7 rings (SSSR count). The van der Waals surface area contributed by atoms with Crippen molar-refractivity contribution >= 4 is 6.03 Å². The van der Waals surface area contributed by atoms with Gasteiger partial charge in [0.15, 0.2) is 0 Å². The predicted octanol–water partition coefficient (Wildman–Crippen LogP) is 6.31. The molecule has 0 radical (unpaired) electrons. The number of piperidine rings is 2. The number of benzene rings is 2. The molecule has 4 aromatic rings. The Labute approximate surface area is 283 Å². The van der Waals surface area contributed by atoms with Gasteiger partial charge in [-0.05, 0) is 68.9 Å². The Morgan fingerprint density at radius 3 is 2.33 bits per heavy atom. The highest BCUT2D eigenvalue weighted by atomic mass is 16.2. The van der Waals surface area contributed by atoms with Crippen LogP contribution in [-0.2, 0) is 13.1 Å². The number of likely N-dealkylation sites (tertiary alicyclic amines) is 2. The van der Waals surface area contributed by atoms with E-state index in [0.717, 1.165) is 61.4 Å². The summed E-state index contributed by atoms with van der Waals surface area (Å²) in [6, 6.07) is 24.4. The Morgan fingerprint density at radius 1 is 0.917 bits per heavy atom. The molecule has 4 heterocycles. The SMILES string of the molecule is Cc1cc(C)nc(CNC2CCN(C(=O)N3CC[C@@H](Cn4cnc(-c5ccccc5)cc4=O)C4(CCCC4)C3)[C@H](c3ccccc3)C2)n1. The zero-order chi connectivity index (χ0) is 33.1. The number of carbonyl (C=O) groups excluding carboxylic acids is 1. The standard InChI is InChI=1S/C39H47N7O2/c1-28-21-29(2)43-36(42-28)24-40-33-16-20-46(35(22-33)31-13-7-4-8-14-31)38(48)44-19-15-32(39(26-44)17-9-10-18-39)25-45-27-41-34(23-37(45)47)30-11-5-3-6-12-30/h3-8,11-14,21,23,27,32-33,35,40H,9-10,15-20,22,24-26H2,1-2H3/t32-,33?,35-/m0/s1. The summed E-state index contributed by atoms with van der Waals surface area (Å²) in [5.41, 5.74) is 4.81. The largest absolute Gasteiger partial charge is 0.324 e. The lowest BCUT2D eigenvalue weighted by atomic mass is 9.69. The van der Waals surface area contributed by atoms with Crippen molar-refractivity contribution in [1.29, 1.82) is 0 Å². The Kier molecular flexibility index (Phi) is 9.39. The van der Waals surface area contributed by atoms with Crippen molar-refractivity contribution in [3.63, 3.8) is 0 Å². The van der Waals surface area contributed by atoms with Crippen molar-refractivity contribution in [3.05, 3.63) is 112 Å². The van der Waals surface area contributed by atoms with E-state index in [2.05, 4.69) is 54.3 Å². The molecule has 9 nitrogen and oxygen atoms in total. The van der Waals surface area contributed by atoms with Gasteiger partial charge < -0.3 is 15.1 Å². The highest BCUT2D eigenvalue weighted by molar-refractivity contribution is 5.75. The van der Waals surface area contributed by atoms with Crippen LogP contribution in [0.1, 0.15) is 73.8 Å². The molecule has 0 bridgehead atoms. The second kappa shape index (κ2) is 14.0. The van der Waals surface area contributed by atoms with Crippen LogP contribution in [0.15, 0.2) is 83.9 Å². The summed E-state index contributed by atoms with van der Waals surface area (Å²) in [5, 5.41) is 3.71. The van der Waals surface area contributed by atoms with Crippen molar-refractivity contribution in [2.24, 2.45) is 11.3 Å². The van der Waals surface area contributed by atoms with E-state index < -0.39 is 0 Å². The van der Waals surface area contributed by atoms with E-state index >= 15 is 0 Å². The Hall–Kier alpha value is -4.37. The van der Waals surface area contributed by atoms with Crippen molar-refractivity contribution < 1.29 is 4.79 Å². The van der Waals surface area contributed by atoms with Gasteiger partial charge in [0, 0.05) is 55.2 Å². The van der Waals surface area contributed by atoms with E-state index in [1.165, 1.54) is 18.4 Å². The molecule has 2 aromatic heterocycles. The van der Waals surface area contributed by atoms with Crippen molar-refractivity contribution in [3.8, 4) is 11.3 Å². The number of aryl methyl sites for hydroxylation is 2. The van der Waals surface area contributed by atoms with Gasteiger partial charge in [0.25, 0.3) is 5.56 Å². The summed E-state index contributed by atoms with van der Waals surface area (Å²) in [7, 11) is 0. The lowest BCUT2D eigenvalue weighted by Crippen LogP contribution is -2.57. The van der Waals surface area contributed by atoms with Gasteiger partial charge in [-0.25, -0.2) is 19.7 Å². The number of carbonyl (C=O) groups is 1. The first-order valence-corrected chi connectivity index (χ1v) is 17.6. The molecule has 1 aliphatic carbocycles. The third-order valence-corrected chi connectivity index (χ3v) is 11.0. The minimum absolute atomic E-state index is 0.00449. The third-order valence-electron chi connectivity index (χ3n) is 11.0. The molecule has 2 aliphatic heterocycles. The summed E-state index contributed by atoms with van der Waals surface area (Å²) >= 11 is 0. The molecule has 2 saturated heterocycles. The van der Waals surface area contributed by atoms with Crippen molar-refractivity contribution in [2.45, 2.75) is 84.0 Å². The van der Waals surface area contributed by atoms with E-state index in [9.17, 15) is 9.59 Å².